The monoisotopic (exact) mass is 262 g/mol. The lowest BCUT2D eigenvalue weighted by Crippen LogP contribution is -1.83. The van der Waals surface area contributed by atoms with Crippen molar-refractivity contribution in [2.24, 2.45) is 0 Å². The van der Waals surface area contributed by atoms with E-state index in [0.717, 1.165) is 23.3 Å². The highest BCUT2D eigenvalue weighted by Crippen LogP contribution is 2.06. The third kappa shape index (κ3) is 4.84. The highest BCUT2D eigenvalue weighted by Gasteiger charge is 1.99. The predicted octanol–water partition coefficient (Wildman–Crippen LogP) is 5.08. The summed E-state index contributed by atoms with van der Waals surface area (Å²) in [6.45, 7) is 7.32. The highest BCUT2D eigenvalue weighted by molar-refractivity contribution is 5.53. The van der Waals surface area contributed by atoms with Crippen molar-refractivity contribution in [2.45, 2.75) is 0 Å². The molecule has 0 aliphatic carbocycles. The largest absolute Gasteiger partial charge is 0.207 e. The molecule has 0 bridgehead atoms. The van der Waals surface area contributed by atoms with E-state index in [9.17, 15) is 13.2 Å². The first kappa shape index (κ1) is 14.8. The SMILES string of the molecule is C=Cc1ccc(C=C)cc1.Fc1ccc(F)c(F)c1. The molecule has 0 aliphatic rings. The Morgan fingerprint density at radius 2 is 1.16 bits per heavy atom. The molecule has 19 heavy (non-hydrogen) atoms. The number of hydrogen-bond acceptors (Lipinski definition) is 0. The van der Waals surface area contributed by atoms with Gasteiger partial charge >= 0.3 is 0 Å². The van der Waals surface area contributed by atoms with E-state index in [2.05, 4.69) is 13.2 Å². The molecule has 0 amide bonds. The molecule has 0 fully saturated rings. The van der Waals surface area contributed by atoms with Crippen molar-refractivity contribution < 1.29 is 13.2 Å². The molecule has 0 heterocycles. The normalized spacial score (nSPS) is 9.21. The summed E-state index contributed by atoms with van der Waals surface area (Å²) in [5.41, 5.74) is 2.29. The average Bonchev–Trinajstić information content (AvgIpc) is 2.44. The van der Waals surface area contributed by atoms with E-state index in [1.165, 1.54) is 0 Å². The van der Waals surface area contributed by atoms with E-state index in [1.54, 1.807) is 0 Å². The molecule has 2 aromatic carbocycles. The van der Waals surface area contributed by atoms with E-state index in [0.29, 0.717) is 6.07 Å². The molecule has 2 rings (SSSR count). The van der Waals surface area contributed by atoms with Gasteiger partial charge in [0, 0.05) is 6.07 Å². The van der Waals surface area contributed by atoms with Crippen LogP contribution in [0.3, 0.4) is 0 Å². The van der Waals surface area contributed by atoms with Gasteiger partial charge in [-0.1, -0.05) is 49.6 Å². The second-order valence-electron chi connectivity index (χ2n) is 3.63. The van der Waals surface area contributed by atoms with Gasteiger partial charge in [0.2, 0.25) is 0 Å². The van der Waals surface area contributed by atoms with Gasteiger partial charge in [-0.15, -0.1) is 0 Å². The fraction of sp³-hybridized carbons (Fsp3) is 0. The number of rotatable bonds is 2. The lowest BCUT2D eigenvalue weighted by molar-refractivity contribution is 0.495. The van der Waals surface area contributed by atoms with Gasteiger partial charge in [0.25, 0.3) is 0 Å². The topological polar surface area (TPSA) is 0 Å². The van der Waals surface area contributed by atoms with Gasteiger partial charge in [-0.2, -0.15) is 0 Å². The predicted molar refractivity (Wildman–Crippen MR) is 72.9 cm³/mol. The molecular formula is C16H13F3. The van der Waals surface area contributed by atoms with Crippen LogP contribution in [0.25, 0.3) is 12.2 Å². The van der Waals surface area contributed by atoms with Gasteiger partial charge in [-0.3, -0.25) is 0 Å². The van der Waals surface area contributed by atoms with E-state index < -0.39 is 17.5 Å². The first-order valence-corrected chi connectivity index (χ1v) is 5.52. The number of hydrogen-bond donors (Lipinski definition) is 0. The third-order valence-corrected chi connectivity index (χ3v) is 2.29. The van der Waals surface area contributed by atoms with Gasteiger partial charge in [-0.25, -0.2) is 13.2 Å². The van der Waals surface area contributed by atoms with Crippen LogP contribution in [0.2, 0.25) is 0 Å². The van der Waals surface area contributed by atoms with Crippen LogP contribution >= 0.6 is 0 Å². The molecule has 0 atom stereocenters. The molecule has 0 N–H and O–H groups in total. The van der Waals surface area contributed by atoms with Crippen molar-refractivity contribution in [1.29, 1.82) is 0 Å². The Morgan fingerprint density at radius 1 is 0.684 bits per heavy atom. The minimum atomic E-state index is -1.16. The maximum atomic E-state index is 12.0. The third-order valence-electron chi connectivity index (χ3n) is 2.29. The minimum absolute atomic E-state index is 0.495. The average molecular weight is 262 g/mol. The summed E-state index contributed by atoms with van der Waals surface area (Å²) in [4.78, 5) is 0. The van der Waals surface area contributed by atoms with Crippen molar-refractivity contribution in [3.8, 4) is 0 Å². The molecule has 98 valence electrons. The van der Waals surface area contributed by atoms with Gasteiger partial charge in [0.1, 0.15) is 5.82 Å². The van der Waals surface area contributed by atoms with Gasteiger partial charge in [0.15, 0.2) is 11.6 Å². The smallest absolute Gasteiger partial charge is 0.161 e. The van der Waals surface area contributed by atoms with E-state index >= 15 is 0 Å². The Kier molecular flexibility index (Phi) is 5.61. The fourth-order valence-corrected chi connectivity index (χ4v) is 1.24. The summed E-state index contributed by atoms with van der Waals surface area (Å²) in [5.74, 6) is -2.96. The van der Waals surface area contributed by atoms with Crippen LogP contribution in [0.15, 0.2) is 55.6 Å². The Morgan fingerprint density at radius 3 is 1.47 bits per heavy atom. The standard InChI is InChI=1S/C10H10.C6H3F3/c1-3-9-5-7-10(4-2)8-6-9;7-4-1-2-5(8)6(9)3-4/h3-8H,1-2H2;1-3H. The van der Waals surface area contributed by atoms with E-state index in [1.807, 2.05) is 36.4 Å². The van der Waals surface area contributed by atoms with Crippen LogP contribution in [0.1, 0.15) is 11.1 Å². The summed E-state index contributed by atoms with van der Waals surface area (Å²) in [7, 11) is 0. The zero-order valence-electron chi connectivity index (χ0n) is 10.2. The molecule has 0 spiro atoms. The summed E-state index contributed by atoms with van der Waals surface area (Å²) in [5, 5.41) is 0. The van der Waals surface area contributed by atoms with Gasteiger partial charge in [0.05, 0.1) is 0 Å². The zero-order valence-corrected chi connectivity index (χ0v) is 10.2. The quantitative estimate of drug-likeness (QED) is 0.662. The second-order valence-corrected chi connectivity index (χ2v) is 3.63. The number of halogens is 3. The van der Waals surface area contributed by atoms with E-state index in [4.69, 9.17) is 0 Å². The maximum absolute atomic E-state index is 12.0. The van der Waals surface area contributed by atoms with Gasteiger partial charge < -0.3 is 0 Å². The first-order valence-electron chi connectivity index (χ1n) is 5.52. The lowest BCUT2D eigenvalue weighted by Gasteiger charge is -1.92. The molecule has 0 unspecified atom stereocenters. The van der Waals surface area contributed by atoms with Crippen LogP contribution in [-0.2, 0) is 0 Å². The molecule has 0 aromatic heterocycles. The van der Waals surface area contributed by atoms with Crippen LogP contribution in [0.4, 0.5) is 13.2 Å². The zero-order chi connectivity index (χ0) is 14.3. The molecule has 3 heteroatoms. The number of benzene rings is 2. The van der Waals surface area contributed by atoms with Crippen molar-refractivity contribution in [1.82, 2.24) is 0 Å². The Bertz CT molecular complexity index is 530. The first-order chi connectivity index (χ1) is 9.06. The van der Waals surface area contributed by atoms with Crippen molar-refractivity contribution in [3.05, 3.63) is 84.2 Å². The van der Waals surface area contributed by atoms with Crippen molar-refractivity contribution in [3.63, 3.8) is 0 Å². The van der Waals surface area contributed by atoms with Crippen LogP contribution in [-0.4, -0.2) is 0 Å². The van der Waals surface area contributed by atoms with Crippen molar-refractivity contribution >= 4 is 12.2 Å². The molecule has 0 nitrogen and oxygen atoms in total. The fourth-order valence-electron chi connectivity index (χ4n) is 1.24. The van der Waals surface area contributed by atoms with Crippen LogP contribution in [0, 0.1) is 17.5 Å². The van der Waals surface area contributed by atoms with Crippen LogP contribution in [0.5, 0.6) is 0 Å². The highest BCUT2D eigenvalue weighted by atomic mass is 19.2. The van der Waals surface area contributed by atoms with Crippen molar-refractivity contribution in [2.75, 3.05) is 0 Å². The van der Waals surface area contributed by atoms with Crippen LogP contribution < -0.4 is 0 Å². The Balaban J connectivity index is 0.000000191. The Hall–Kier alpha value is -2.29. The Labute approximate surface area is 110 Å². The molecular weight excluding hydrogens is 249 g/mol. The molecule has 0 saturated heterocycles. The molecule has 2 aromatic rings. The summed E-state index contributed by atoms with van der Waals surface area (Å²) in [6, 6.07) is 10.2. The van der Waals surface area contributed by atoms with E-state index in [-0.39, 0.29) is 0 Å². The van der Waals surface area contributed by atoms with Gasteiger partial charge in [-0.05, 0) is 23.3 Å². The molecule has 0 radical (unpaired) electrons. The molecule has 0 aliphatic heterocycles. The summed E-state index contributed by atoms with van der Waals surface area (Å²) in [6.07, 6.45) is 3.65. The lowest BCUT2D eigenvalue weighted by atomic mass is 10.1. The maximum Gasteiger partial charge on any atom is 0.161 e. The second kappa shape index (κ2) is 7.21. The summed E-state index contributed by atoms with van der Waals surface area (Å²) < 4.78 is 35.9. The summed E-state index contributed by atoms with van der Waals surface area (Å²) >= 11 is 0. The molecule has 0 saturated carbocycles. The minimum Gasteiger partial charge on any atom is -0.207 e.